The Morgan fingerprint density at radius 3 is 2.76 bits per heavy atom. The zero-order valence-corrected chi connectivity index (χ0v) is 16.2. The van der Waals surface area contributed by atoms with Gasteiger partial charge in [-0.05, 0) is 36.4 Å². The fourth-order valence-electron chi connectivity index (χ4n) is 2.82. The summed E-state index contributed by atoms with van der Waals surface area (Å²) in [7, 11) is 0. The van der Waals surface area contributed by atoms with E-state index in [2.05, 4.69) is 10.3 Å². The molecule has 4 rings (SSSR count). The van der Waals surface area contributed by atoms with Crippen LogP contribution in [-0.2, 0) is 11.2 Å². The molecule has 0 aliphatic heterocycles. The van der Waals surface area contributed by atoms with Crippen molar-refractivity contribution in [1.29, 1.82) is 0 Å². The molecule has 10 heteroatoms. The number of fused-ring (bicyclic) bond motifs is 1. The monoisotopic (exact) mass is 430 g/mol. The predicted molar refractivity (Wildman–Crippen MR) is 109 cm³/mol. The number of hydrogen-bond donors (Lipinski definition) is 1. The maximum atomic E-state index is 13.1. The molecule has 0 unspecified atom stereocenters. The number of carbonyl (C=O) groups excluding carboxylic acids is 1. The number of benzene rings is 2. The smallest absolute Gasteiger partial charge is 0.289 e. The molecule has 0 radical (unpaired) electrons. The number of aromatic nitrogens is 2. The molecule has 0 saturated carbocycles. The summed E-state index contributed by atoms with van der Waals surface area (Å²) in [4.78, 5) is 28.0. The SMILES string of the molecule is O=C(Cc1csc2nc(-c3ccc(F)cc3)cn12)Nc1ccc(Cl)c([N+](=O)[O-])c1. The second-order valence-electron chi connectivity index (χ2n) is 6.16. The van der Waals surface area contributed by atoms with Crippen molar-refractivity contribution in [3.63, 3.8) is 0 Å². The number of amides is 1. The Morgan fingerprint density at radius 2 is 2.03 bits per heavy atom. The first kappa shape index (κ1) is 19.0. The average Bonchev–Trinajstić information content (AvgIpc) is 3.26. The summed E-state index contributed by atoms with van der Waals surface area (Å²) in [6, 6.07) is 10.1. The van der Waals surface area contributed by atoms with Crippen molar-refractivity contribution in [2.75, 3.05) is 5.32 Å². The van der Waals surface area contributed by atoms with Crippen molar-refractivity contribution in [2.24, 2.45) is 0 Å². The molecule has 4 aromatic rings. The molecular weight excluding hydrogens is 419 g/mol. The Morgan fingerprint density at radius 1 is 1.28 bits per heavy atom. The van der Waals surface area contributed by atoms with Crippen molar-refractivity contribution in [3.8, 4) is 11.3 Å². The number of carbonyl (C=O) groups is 1. The quantitative estimate of drug-likeness (QED) is 0.358. The van der Waals surface area contributed by atoms with E-state index in [1.54, 1.807) is 22.7 Å². The lowest BCUT2D eigenvalue weighted by atomic mass is 10.2. The highest BCUT2D eigenvalue weighted by atomic mass is 35.5. The molecule has 2 aromatic heterocycles. The van der Waals surface area contributed by atoms with Gasteiger partial charge in [0, 0.05) is 34.6 Å². The van der Waals surface area contributed by atoms with Gasteiger partial charge >= 0.3 is 0 Å². The Bertz CT molecular complexity index is 1240. The van der Waals surface area contributed by atoms with Crippen LogP contribution >= 0.6 is 22.9 Å². The first-order valence-electron chi connectivity index (χ1n) is 8.36. The lowest BCUT2D eigenvalue weighted by molar-refractivity contribution is -0.384. The van der Waals surface area contributed by atoms with Gasteiger partial charge < -0.3 is 5.32 Å². The highest BCUT2D eigenvalue weighted by molar-refractivity contribution is 7.15. The number of hydrogen-bond acceptors (Lipinski definition) is 5. The number of nitro groups is 1. The van der Waals surface area contributed by atoms with E-state index < -0.39 is 4.92 Å². The summed E-state index contributed by atoms with van der Waals surface area (Å²) in [5.41, 5.74) is 2.17. The molecule has 0 atom stereocenters. The average molecular weight is 431 g/mol. The van der Waals surface area contributed by atoms with E-state index in [1.165, 1.54) is 41.7 Å². The maximum Gasteiger partial charge on any atom is 0.289 e. The van der Waals surface area contributed by atoms with Crippen LogP contribution in [0.25, 0.3) is 16.2 Å². The van der Waals surface area contributed by atoms with Crippen molar-refractivity contribution in [1.82, 2.24) is 9.38 Å². The van der Waals surface area contributed by atoms with Gasteiger partial charge in [0.2, 0.25) is 5.91 Å². The molecule has 29 heavy (non-hydrogen) atoms. The Kier molecular flexibility index (Phi) is 4.99. The lowest BCUT2D eigenvalue weighted by Crippen LogP contribution is -2.15. The third kappa shape index (κ3) is 3.96. The maximum absolute atomic E-state index is 13.1. The minimum atomic E-state index is -0.608. The molecule has 1 amide bonds. The third-order valence-electron chi connectivity index (χ3n) is 4.19. The zero-order valence-electron chi connectivity index (χ0n) is 14.6. The van der Waals surface area contributed by atoms with Crippen LogP contribution in [0.1, 0.15) is 5.69 Å². The second kappa shape index (κ2) is 7.61. The van der Waals surface area contributed by atoms with Gasteiger partial charge in [-0.1, -0.05) is 11.6 Å². The van der Waals surface area contributed by atoms with Crippen molar-refractivity contribution >= 4 is 45.2 Å². The Hall–Kier alpha value is -3.30. The number of nitrogens with one attached hydrogen (secondary N) is 1. The molecule has 7 nitrogen and oxygen atoms in total. The number of anilines is 1. The van der Waals surface area contributed by atoms with E-state index in [1.807, 2.05) is 5.38 Å². The van der Waals surface area contributed by atoms with Gasteiger partial charge in [-0.3, -0.25) is 19.3 Å². The van der Waals surface area contributed by atoms with Crippen molar-refractivity contribution in [3.05, 3.63) is 80.7 Å². The van der Waals surface area contributed by atoms with E-state index >= 15 is 0 Å². The number of nitrogens with zero attached hydrogens (tertiary/aromatic N) is 3. The summed E-state index contributed by atoms with van der Waals surface area (Å²) in [5, 5.41) is 15.4. The molecule has 0 aliphatic carbocycles. The molecule has 2 heterocycles. The van der Waals surface area contributed by atoms with Crippen LogP contribution in [0.2, 0.25) is 5.02 Å². The second-order valence-corrected chi connectivity index (χ2v) is 7.40. The highest BCUT2D eigenvalue weighted by Gasteiger charge is 2.16. The summed E-state index contributed by atoms with van der Waals surface area (Å²) in [6.07, 6.45) is 1.84. The number of imidazole rings is 1. The van der Waals surface area contributed by atoms with Crippen LogP contribution in [0.15, 0.2) is 54.0 Å². The van der Waals surface area contributed by atoms with Crippen LogP contribution in [0.4, 0.5) is 15.8 Å². The fourth-order valence-corrected chi connectivity index (χ4v) is 3.88. The third-order valence-corrected chi connectivity index (χ3v) is 5.40. The Labute approximate surface area is 172 Å². The fraction of sp³-hybridized carbons (Fsp3) is 0.0526. The van der Waals surface area contributed by atoms with Crippen molar-refractivity contribution < 1.29 is 14.1 Å². The first-order valence-corrected chi connectivity index (χ1v) is 9.61. The standard InChI is InChI=1S/C19H12ClFN4O3S/c20-15-6-5-13(7-17(15)25(27)28)22-18(26)8-14-10-29-19-23-16(9-24(14)19)11-1-3-12(21)4-2-11/h1-7,9-10H,8H2,(H,22,26). The van der Waals surface area contributed by atoms with Gasteiger partial charge in [0.1, 0.15) is 10.8 Å². The normalized spacial score (nSPS) is 11.0. The van der Waals surface area contributed by atoms with E-state index in [0.717, 1.165) is 5.56 Å². The molecule has 0 fully saturated rings. The van der Waals surface area contributed by atoms with E-state index in [-0.39, 0.29) is 34.5 Å². The number of nitro benzene ring substituents is 1. The van der Waals surface area contributed by atoms with Gasteiger partial charge in [0.25, 0.3) is 5.69 Å². The molecule has 2 aromatic carbocycles. The summed E-state index contributed by atoms with van der Waals surface area (Å²) >= 11 is 7.17. The van der Waals surface area contributed by atoms with Crippen LogP contribution in [-0.4, -0.2) is 20.2 Å². The van der Waals surface area contributed by atoms with Crippen LogP contribution in [0, 0.1) is 15.9 Å². The molecule has 0 saturated heterocycles. The summed E-state index contributed by atoms with van der Waals surface area (Å²) < 4.78 is 14.9. The molecule has 0 spiro atoms. The minimum absolute atomic E-state index is 0.000667. The van der Waals surface area contributed by atoms with Gasteiger partial charge in [0.15, 0.2) is 4.96 Å². The van der Waals surface area contributed by atoms with E-state index in [0.29, 0.717) is 16.3 Å². The van der Waals surface area contributed by atoms with Crippen LogP contribution in [0.3, 0.4) is 0 Å². The van der Waals surface area contributed by atoms with Crippen LogP contribution in [0.5, 0.6) is 0 Å². The number of thiazole rings is 1. The summed E-state index contributed by atoms with van der Waals surface area (Å²) in [6.45, 7) is 0. The molecule has 0 bridgehead atoms. The van der Waals surface area contributed by atoms with E-state index in [9.17, 15) is 19.3 Å². The summed E-state index contributed by atoms with van der Waals surface area (Å²) in [5.74, 6) is -0.659. The zero-order chi connectivity index (χ0) is 20.5. The minimum Gasteiger partial charge on any atom is -0.325 e. The molecule has 1 N–H and O–H groups in total. The molecular formula is C19H12ClFN4O3S. The largest absolute Gasteiger partial charge is 0.325 e. The predicted octanol–water partition coefficient (Wildman–Crippen LogP) is 4.94. The number of rotatable bonds is 5. The first-order chi connectivity index (χ1) is 13.9. The van der Waals surface area contributed by atoms with Crippen LogP contribution < -0.4 is 5.32 Å². The highest BCUT2D eigenvalue weighted by Crippen LogP contribution is 2.28. The molecule has 0 aliphatic rings. The van der Waals surface area contributed by atoms with Crippen molar-refractivity contribution in [2.45, 2.75) is 6.42 Å². The topological polar surface area (TPSA) is 89.5 Å². The van der Waals surface area contributed by atoms with E-state index in [4.69, 9.17) is 11.6 Å². The van der Waals surface area contributed by atoms with Gasteiger partial charge in [0.05, 0.1) is 17.0 Å². The van der Waals surface area contributed by atoms with Gasteiger partial charge in [-0.15, -0.1) is 11.3 Å². The Balaban J connectivity index is 1.53. The molecule has 146 valence electrons. The van der Waals surface area contributed by atoms with Gasteiger partial charge in [-0.25, -0.2) is 9.37 Å². The lowest BCUT2D eigenvalue weighted by Gasteiger charge is -2.05. The number of halogens is 2. The van der Waals surface area contributed by atoms with Gasteiger partial charge in [-0.2, -0.15) is 0 Å².